The molecule has 0 spiro atoms. The number of nitrogens with zero attached hydrogens (tertiary/aromatic N) is 3. The molecule has 0 aliphatic carbocycles. The maximum Gasteiger partial charge on any atom is 0.274 e. The number of aryl methyl sites for hydroxylation is 1. The van der Waals surface area contributed by atoms with Gasteiger partial charge in [-0.1, -0.05) is 17.4 Å². The number of nitro benzene ring substituents is 1. The summed E-state index contributed by atoms with van der Waals surface area (Å²) in [6.07, 6.45) is 1.34. The first kappa shape index (κ1) is 15.9. The first-order valence-electron chi connectivity index (χ1n) is 6.94. The molecule has 1 N–H and O–H groups in total. The van der Waals surface area contributed by atoms with Crippen LogP contribution in [0.2, 0.25) is 0 Å². The average molecular weight is 343 g/mol. The van der Waals surface area contributed by atoms with Gasteiger partial charge in [0.25, 0.3) is 5.69 Å². The Morgan fingerprint density at radius 3 is 2.88 bits per heavy atom. The molecule has 122 valence electrons. The lowest BCUT2D eigenvalue weighted by Gasteiger charge is -2.05. The summed E-state index contributed by atoms with van der Waals surface area (Å²) in [5, 5.41) is 21.6. The Morgan fingerprint density at radius 2 is 2.17 bits per heavy atom. The fourth-order valence-corrected chi connectivity index (χ4v) is 3.08. The highest BCUT2D eigenvalue weighted by atomic mass is 32.1. The van der Waals surface area contributed by atoms with Crippen LogP contribution in [0.15, 0.2) is 35.3 Å². The molecule has 0 aliphatic rings. The molecule has 0 atom stereocenters. The van der Waals surface area contributed by atoms with Gasteiger partial charge in [-0.25, -0.2) is 9.98 Å². The summed E-state index contributed by atoms with van der Waals surface area (Å²) in [5.41, 5.74) is 1.96. The van der Waals surface area contributed by atoms with E-state index in [9.17, 15) is 15.2 Å². The number of hydrogen-bond donors (Lipinski definition) is 1. The number of ether oxygens (including phenoxy) is 1. The lowest BCUT2D eigenvalue weighted by atomic mass is 10.1. The third kappa shape index (κ3) is 3.04. The summed E-state index contributed by atoms with van der Waals surface area (Å²) < 4.78 is 5.96. The molecule has 0 saturated heterocycles. The Hall–Kier alpha value is -3.00. The van der Waals surface area contributed by atoms with Crippen LogP contribution >= 0.6 is 11.3 Å². The van der Waals surface area contributed by atoms with Crippen molar-refractivity contribution in [1.29, 1.82) is 0 Å². The van der Waals surface area contributed by atoms with Gasteiger partial charge in [0.1, 0.15) is 0 Å². The highest BCUT2D eigenvalue weighted by Crippen LogP contribution is 2.34. The van der Waals surface area contributed by atoms with E-state index in [1.165, 1.54) is 30.7 Å². The molecule has 3 aromatic rings. The van der Waals surface area contributed by atoms with Gasteiger partial charge in [0.2, 0.25) is 5.13 Å². The Labute approximate surface area is 141 Å². The predicted molar refractivity (Wildman–Crippen MR) is 92.9 cm³/mol. The van der Waals surface area contributed by atoms with Crippen LogP contribution in [0.1, 0.15) is 11.1 Å². The number of fused-ring (bicyclic) bond motifs is 1. The average Bonchev–Trinajstić information content (AvgIpc) is 2.95. The maximum atomic E-state index is 11.0. The van der Waals surface area contributed by atoms with Crippen LogP contribution in [0.25, 0.3) is 10.2 Å². The first-order valence-corrected chi connectivity index (χ1v) is 7.76. The lowest BCUT2D eigenvalue weighted by Crippen LogP contribution is -1.94. The molecule has 7 nitrogen and oxygen atoms in total. The van der Waals surface area contributed by atoms with Gasteiger partial charge in [-0.2, -0.15) is 0 Å². The van der Waals surface area contributed by atoms with Crippen molar-refractivity contribution >= 4 is 38.6 Å². The number of non-ortho nitro benzene ring substituents is 1. The zero-order chi connectivity index (χ0) is 17.3. The van der Waals surface area contributed by atoms with Gasteiger partial charge in [-0.3, -0.25) is 10.1 Å². The highest BCUT2D eigenvalue weighted by molar-refractivity contribution is 7.22. The standard InChI is InChI=1S/C16H13N3O4S/c1-9-3-4-12-14(5-9)24-16(18-12)17-8-10-6-11(19(21)22)7-13(23-2)15(10)20/h3-8,20H,1-2H3/b17-8+. The second-order valence-corrected chi connectivity index (χ2v) is 6.08. The second-order valence-electron chi connectivity index (χ2n) is 5.07. The minimum atomic E-state index is -0.556. The zero-order valence-electron chi connectivity index (χ0n) is 12.9. The molecule has 1 heterocycles. The van der Waals surface area contributed by atoms with Crippen LogP contribution in [0.5, 0.6) is 11.5 Å². The number of rotatable bonds is 4. The van der Waals surface area contributed by atoms with Crippen LogP contribution in [0.3, 0.4) is 0 Å². The summed E-state index contributed by atoms with van der Waals surface area (Å²) >= 11 is 1.40. The molecule has 0 aliphatic heterocycles. The highest BCUT2D eigenvalue weighted by Gasteiger charge is 2.16. The number of hydrogen-bond acceptors (Lipinski definition) is 7. The van der Waals surface area contributed by atoms with Crippen molar-refractivity contribution in [2.24, 2.45) is 4.99 Å². The van der Waals surface area contributed by atoms with E-state index in [0.717, 1.165) is 21.8 Å². The SMILES string of the molecule is COc1cc([N+](=O)[O-])cc(/C=N/c2nc3ccc(C)cc3s2)c1O. The van der Waals surface area contributed by atoms with Crippen molar-refractivity contribution < 1.29 is 14.8 Å². The van der Waals surface area contributed by atoms with Crippen molar-refractivity contribution in [2.75, 3.05) is 7.11 Å². The summed E-state index contributed by atoms with van der Waals surface area (Å²) in [6, 6.07) is 8.28. The molecule has 2 aromatic carbocycles. The number of aromatic hydroxyl groups is 1. The number of benzene rings is 2. The topological polar surface area (TPSA) is 97.9 Å². The normalized spacial score (nSPS) is 11.2. The number of thiazole rings is 1. The summed E-state index contributed by atoms with van der Waals surface area (Å²) in [6.45, 7) is 2.00. The van der Waals surface area contributed by atoms with Crippen molar-refractivity contribution in [1.82, 2.24) is 4.98 Å². The van der Waals surface area contributed by atoms with Crippen LogP contribution in [0.4, 0.5) is 10.8 Å². The van der Waals surface area contributed by atoms with E-state index in [-0.39, 0.29) is 22.7 Å². The third-order valence-electron chi connectivity index (χ3n) is 3.37. The van der Waals surface area contributed by atoms with Gasteiger partial charge >= 0.3 is 0 Å². The number of aliphatic imine (C=N–C) groups is 1. The van der Waals surface area contributed by atoms with E-state index in [0.29, 0.717) is 5.13 Å². The van der Waals surface area contributed by atoms with Crippen LogP contribution in [-0.4, -0.2) is 28.3 Å². The van der Waals surface area contributed by atoms with E-state index in [1.54, 1.807) is 0 Å². The second kappa shape index (κ2) is 6.25. The van der Waals surface area contributed by atoms with Gasteiger partial charge < -0.3 is 9.84 Å². The maximum absolute atomic E-state index is 11.0. The minimum absolute atomic E-state index is 0.0191. The van der Waals surface area contributed by atoms with Crippen molar-refractivity contribution in [3.05, 3.63) is 51.6 Å². The Kier molecular flexibility index (Phi) is 4.13. The van der Waals surface area contributed by atoms with Crippen molar-refractivity contribution in [3.8, 4) is 11.5 Å². The number of nitro groups is 1. The molecule has 0 amide bonds. The number of phenols is 1. The monoisotopic (exact) mass is 343 g/mol. The number of methoxy groups -OCH3 is 1. The van der Waals surface area contributed by atoms with Gasteiger partial charge in [0.05, 0.1) is 28.3 Å². The van der Waals surface area contributed by atoms with Crippen molar-refractivity contribution in [2.45, 2.75) is 6.92 Å². The van der Waals surface area contributed by atoms with Crippen LogP contribution < -0.4 is 4.74 Å². The Morgan fingerprint density at radius 1 is 1.38 bits per heavy atom. The van der Waals surface area contributed by atoms with Crippen LogP contribution in [0, 0.1) is 17.0 Å². The van der Waals surface area contributed by atoms with Crippen LogP contribution in [-0.2, 0) is 0 Å². The molecule has 1 aromatic heterocycles. The fraction of sp³-hybridized carbons (Fsp3) is 0.125. The number of aromatic nitrogens is 1. The molecule has 0 radical (unpaired) electrons. The molecule has 0 fully saturated rings. The molecule has 0 bridgehead atoms. The summed E-state index contributed by atoms with van der Waals surface area (Å²) in [5.74, 6) is -0.186. The quantitative estimate of drug-likeness (QED) is 0.439. The predicted octanol–water partition coefficient (Wildman–Crippen LogP) is 3.98. The van der Waals surface area contributed by atoms with Crippen molar-refractivity contribution in [3.63, 3.8) is 0 Å². The fourth-order valence-electron chi connectivity index (χ4n) is 2.17. The Balaban J connectivity index is 2.00. The molecule has 24 heavy (non-hydrogen) atoms. The first-order chi connectivity index (χ1) is 11.5. The van der Waals surface area contributed by atoms with Gasteiger partial charge in [0, 0.05) is 17.8 Å². The smallest absolute Gasteiger partial charge is 0.274 e. The van der Waals surface area contributed by atoms with Gasteiger partial charge in [0.15, 0.2) is 11.5 Å². The minimum Gasteiger partial charge on any atom is -0.504 e. The van der Waals surface area contributed by atoms with Gasteiger partial charge in [-0.05, 0) is 24.6 Å². The molecule has 8 heteroatoms. The van der Waals surface area contributed by atoms with E-state index in [4.69, 9.17) is 4.74 Å². The van der Waals surface area contributed by atoms with E-state index in [1.807, 2.05) is 25.1 Å². The third-order valence-corrected chi connectivity index (χ3v) is 4.29. The lowest BCUT2D eigenvalue weighted by molar-refractivity contribution is -0.385. The molecule has 0 unspecified atom stereocenters. The number of phenolic OH excluding ortho intramolecular Hbond substituents is 1. The summed E-state index contributed by atoms with van der Waals surface area (Å²) in [4.78, 5) is 19.0. The molecule has 3 rings (SSSR count). The largest absolute Gasteiger partial charge is 0.504 e. The Bertz CT molecular complexity index is 965. The van der Waals surface area contributed by atoms with Gasteiger partial charge in [-0.15, -0.1) is 0 Å². The zero-order valence-corrected chi connectivity index (χ0v) is 13.7. The molecular weight excluding hydrogens is 330 g/mol. The van der Waals surface area contributed by atoms with E-state index >= 15 is 0 Å². The molecular formula is C16H13N3O4S. The van der Waals surface area contributed by atoms with E-state index < -0.39 is 4.92 Å². The summed E-state index contributed by atoms with van der Waals surface area (Å²) in [7, 11) is 1.33. The van der Waals surface area contributed by atoms with E-state index in [2.05, 4.69) is 9.98 Å². The molecule has 0 saturated carbocycles.